The summed E-state index contributed by atoms with van der Waals surface area (Å²) in [5, 5.41) is 12.7. The molecule has 6 heteroatoms. The Kier molecular flexibility index (Phi) is 4.20. The third-order valence-corrected chi connectivity index (χ3v) is 4.23. The quantitative estimate of drug-likeness (QED) is 0.910. The van der Waals surface area contributed by atoms with Gasteiger partial charge in [0, 0.05) is 12.8 Å². The Morgan fingerprint density at radius 2 is 1.80 bits per heavy atom. The second-order valence-electron chi connectivity index (χ2n) is 4.43. The molecule has 20 heavy (non-hydrogen) atoms. The minimum atomic E-state index is -3.26. The maximum absolute atomic E-state index is 11.5. The van der Waals surface area contributed by atoms with Crippen molar-refractivity contribution in [2.75, 3.05) is 11.6 Å². The normalized spacial score (nSPS) is 11.3. The van der Waals surface area contributed by atoms with E-state index in [0.717, 1.165) is 11.8 Å². The number of benzene rings is 2. The number of rotatable bonds is 4. The average Bonchev–Trinajstić information content (AvgIpc) is 2.38. The van der Waals surface area contributed by atoms with Crippen LogP contribution in [0.25, 0.3) is 0 Å². The zero-order chi connectivity index (χ0) is 14.8. The van der Waals surface area contributed by atoms with Crippen LogP contribution in [0.2, 0.25) is 5.02 Å². The van der Waals surface area contributed by atoms with Crippen LogP contribution in [-0.4, -0.2) is 19.8 Å². The van der Waals surface area contributed by atoms with Crippen molar-refractivity contribution in [3.05, 3.63) is 53.1 Å². The van der Waals surface area contributed by atoms with Gasteiger partial charge in [0.1, 0.15) is 5.75 Å². The van der Waals surface area contributed by atoms with Crippen LogP contribution in [0.1, 0.15) is 5.56 Å². The molecule has 2 rings (SSSR count). The second kappa shape index (κ2) is 5.73. The van der Waals surface area contributed by atoms with E-state index in [1.807, 2.05) is 0 Å². The number of sulfone groups is 1. The molecular weight excluding hydrogens is 298 g/mol. The number of nitrogens with one attached hydrogen (secondary N) is 1. The fourth-order valence-corrected chi connectivity index (χ4v) is 2.51. The smallest absolute Gasteiger partial charge is 0.175 e. The highest BCUT2D eigenvalue weighted by atomic mass is 35.5. The van der Waals surface area contributed by atoms with E-state index in [9.17, 15) is 13.5 Å². The third-order valence-electron chi connectivity index (χ3n) is 2.79. The van der Waals surface area contributed by atoms with Crippen LogP contribution in [0.3, 0.4) is 0 Å². The first-order valence-corrected chi connectivity index (χ1v) is 8.14. The summed E-state index contributed by atoms with van der Waals surface area (Å²) in [6.45, 7) is 0.479. The summed E-state index contributed by atoms with van der Waals surface area (Å²) in [6.07, 6.45) is 1.15. The summed E-state index contributed by atoms with van der Waals surface area (Å²) in [6, 6.07) is 11.3. The van der Waals surface area contributed by atoms with Gasteiger partial charge in [0.25, 0.3) is 0 Å². The maximum atomic E-state index is 11.5. The van der Waals surface area contributed by atoms with E-state index in [-0.39, 0.29) is 10.6 Å². The molecular formula is C14H14ClNO3S. The number of hydrogen-bond donors (Lipinski definition) is 2. The highest BCUT2D eigenvalue weighted by Gasteiger charge is 2.10. The number of phenols is 1. The van der Waals surface area contributed by atoms with E-state index in [4.69, 9.17) is 11.6 Å². The Labute approximate surface area is 122 Å². The summed E-state index contributed by atoms with van der Waals surface area (Å²) in [7, 11) is -3.26. The van der Waals surface area contributed by atoms with Gasteiger partial charge < -0.3 is 10.4 Å². The Balaban J connectivity index is 2.19. The van der Waals surface area contributed by atoms with E-state index in [2.05, 4.69) is 5.32 Å². The van der Waals surface area contributed by atoms with Gasteiger partial charge in [-0.2, -0.15) is 0 Å². The molecule has 0 radical (unpaired) electrons. The summed E-state index contributed by atoms with van der Waals surface area (Å²) in [4.78, 5) is 0.218. The molecule has 0 aliphatic rings. The standard InChI is InChI=1S/C14H14ClNO3S/c1-20(18,19)12-6-7-13(15)14(8-12)16-9-10-2-4-11(17)5-3-10/h2-8,16-17H,9H2,1H3. The molecule has 2 aromatic carbocycles. The molecule has 4 nitrogen and oxygen atoms in total. The molecule has 0 aliphatic heterocycles. The lowest BCUT2D eigenvalue weighted by molar-refractivity contribution is 0.475. The Morgan fingerprint density at radius 1 is 1.15 bits per heavy atom. The summed E-state index contributed by atoms with van der Waals surface area (Å²) >= 11 is 6.04. The summed E-state index contributed by atoms with van der Waals surface area (Å²) in [5.74, 6) is 0.200. The molecule has 0 aromatic heterocycles. The summed E-state index contributed by atoms with van der Waals surface area (Å²) in [5.41, 5.74) is 1.51. The van der Waals surface area contributed by atoms with Gasteiger partial charge in [-0.1, -0.05) is 23.7 Å². The van der Waals surface area contributed by atoms with Crippen molar-refractivity contribution < 1.29 is 13.5 Å². The molecule has 0 spiro atoms. The topological polar surface area (TPSA) is 66.4 Å². The van der Waals surface area contributed by atoms with Gasteiger partial charge in [-0.05, 0) is 35.9 Å². The van der Waals surface area contributed by atoms with E-state index >= 15 is 0 Å². The zero-order valence-corrected chi connectivity index (χ0v) is 12.4. The van der Waals surface area contributed by atoms with E-state index in [1.165, 1.54) is 12.1 Å². The van der Waals surface area contributed by atoms with Gasteiger partial charge in [0.2, 0.25) is 0 Å². The van der Waals surface area contributed by atoms with Crippen LogP contribution in [0.5, 0.6) is 5.75 Å². The molecule has 0 atom stereocenters. The van der Waals surface area contributed by atoms with Crippen molar-refractivity contribution in [1.82, 2.24) is 0 Å². The van der Waals surface area contributed by atoms with Crippen LogP contribution in [0.4, 0.5) is 5.69 Å². The van der Waals surface area contributed by atoms with Crippen LogP contribution < -0.4 is 5.32 Å². The first kappa shape index (κ1) is 14.7. The van der Waals surface area contributed by atoms with Gasteiger partial charge >= 0.3 is 0 Å². The minimum Gasteiger partial charge on any atom is -0.508 e. The lowest BCUT2D eigenvalue weighted by Crippen LogP contribution is -2.02. The Morgan fingerprint density at radius 3 is 2.40 bits per heavy atom. The molecule has 0 heterocycles. The predicted octanol–water partition coefficient (Wildman–Crippen LogP) is 3.06. The van der Waals surface area contributed by atoms with Gasteiger partial charge in [0.05, 0.1) is 15.6 Å². The fourth-order valence-electron chi connectivity index (χ4n) is 1.68. The molecule has 2 N–H and O–H groups in total. The van der Waals surface area contributed by atoms with Crippen molar-refractivity contribution in [2.45, 2.75) is 11.4 Å². The Hall–Kier alpha value is -1.72. The van der Waals surface area contributed by atoms with Gasteiger partial charge in [-0.3, -0.25) is 0 Å². The van der Waals surface area contributed by atoms with Crippen molar-refractivity contribution in [3.8, 4) is 5.75 Å². The number of phenolic OH excluding ortho intramolecular Hbond substituents is 1. The van der Waals surface area contributed by atoms with Crippen LogP contribution in [0, 0.1) is 0 Å². The van der Waals surface area contributed by atoms with Crippen molar-refractivity contribution in [1.29, 1.82) is 0 Å². The van der Waals surface area contributed by atoms with Gasteiger partial charge in [-0.25, -0.2) is 8.42 Å². The second-order valence-corrected chi connectivity index (χ2v) is 6.86. The average molecular weight is 312 g/mol. The lowest BCUT2D eigenvalue weighted by Gasteiger charge is -2.10. The zero-order valence-electron chi connectivity index (χ0n) is 10.8. The molecule has 106 valence electrons. The van der Waals surface area contributed by atoms with Gasteiger partial charge in [-0.15, -0.1) is 0 Å². The number of anilines is 1. The van der Waals surface area contributed by atoms with Crippen LogP contribution in [-0.2, 0) is 16.4 Å². The SMILES string of the molecule is CS(=O)(=O)c1ccc(Cl)c(NCc2ccc(O)cc2)c1. The van der Waals surface area contributed by atoms with E-state index in [1.54, 1.807) is 30.3 Å². The Bertz CT molecular complexity index is 712. The number of aromatic hydroxyl groups is 1. The van der Waals surface area contributed by atoms with Crippen LogP contribution >= 0.6 is 11.6 Å². The monoisotopic (exact) mass is 311 g/mol. The molecule has 0 fully saturated rings. The first-order chi connectivity index (χ1) is 9.36. The molecule has 0 saturated heterocycles. The van der Waals surface area contributed by atoms with Crippen molar-refractivity contribution >= 4 is 27.1 Å². The number of halogens is 1. The molecule has 2 aromatic rings. The molecule has 0 saturated carbocycles. The highest BCUT2D eigenvalue weighted by Crippen LogP contribution is 2.26. The molecule has 0 amide bonds. The highest BCUT2D eigenvalue weighted by molar-refractivity contribution is 7.90. The minimum absolute atomic E-state index is 0.200. The molecule has 0 bridgehead atoms. The predicted molar refractivity (Wildman–Crippen MR) is 80.0 cm³/mol. The first-order valence-electron chi connectivity index (χ1n) is 5.87. The molecule has 0 unspecified atom stereocenters. The molecule has 0 aliphatic carbocycles. The fraction of sp³-hybridized carbons (Fsp3) is 0.143. The van der Waals surface area contributed by atoms with Crippen molar-refractivity contribution in [3.63, 3.8) is 0 Å². The third kappa shape index (κ3) is 3.65. The largest absolute Gasteiger partial charge is 0.508 e. The van der Waals surface area contributed by atoms with Crippen LogP contribution in [0.15, 0.2) is 47.4 Å². The summed E-state index contributed by atoms with van der Waals surface area (Å²) < 4.78 is 23.0. The van der Waals surface area contributed by atoms with E-state index < -0.39 is 9.84 Å². The van der Waals surface area contributed by atoms with Crippen molar-refractivity contribution in [2.24, 2.45) is 0 Å². The number of hydrogen-bond acceptors (Lipinski definition) is 4. The maximum Gasteiger partial charge on any atom is 0.175 e. The van der Waals surface area contributed by atoms with Gasteiger partial charge in [0.15, 0.2) is 9.84 Å². The lowest BCUT2D eigenvalue weighted by atomic mass is 10.2. The van der Waals surface area contributed by atoms with E-state index in [0.29, 0.717) is 17.3 Å².